The van der Waals surface area contributed by atoms with Crippen molar-refractivity contribution in [3.63, 3.8) is 0 Å². The molecule has 122 valence electrons. The first kappa shape index (κ1) is 14.4. The van der Waals surface area contributed by atoms with Gasteiger partial charge in [0.1, 0.15) is 17.6 Å². The van der Waals surface area contributed by atoms with Gasteiger partial charge in [-0.15, -0.1) is 0 Å². The number of rotatable bonds is 4. The molecule has 3 fully saturated rings. The average Bonchev–Trinajstić information content (AvgIpc) is 3.16. The molecule has 5 atom stereocenters. The van der Waals surface area contributed by atoms with E-state index in [1.54, 1.807) is 32.4 Å². The fourth-order valence-corrected chi connectivity index (χ4v) is 4.49. The van der Waals surface area contributed by atoms with E-state index < -0.39 is 0 Å². The topological polar surface area (TPSA) is 73.9 Å². The number of carbonyl (C=O) groups is 2. The lowest BCUT2D eigenvalue weighted by Crippen LogP contribution is -2.35. The Bertz CT molecular complexity index is 671. The van der Waals surface area contributed by atoms with Gasteiger partial charge in [-0.05, 0) is 30.9 Å². The zero-order chi connectivity index (χ0) is 16.1. The maximum Gasteiger partial charge on any atom is 0.310 e. The minimum atomic E-state index is -0.304. The van der Waals surface area contributed by atoms with Crippen LogP contribution in [0, 0.1) is 23.7 Å². The summed E-state index contributed by atoms with van der Waals surface area (Å²) in [4.78, 5) is 24.8. The molecule has 1 aromatic rings. The third-order valence-corrected chi connectivity index (χ3v) is 5.45. The number of anilines is 1. The molecule has 2 bridgehead atoms. The van der Waals surface area contributed by atoms with E-state index in [0.717, 1.165) is 12.8 Å². The van der Waals surface area contributed by atoms with E-state index in [4.69, 9.17) is 14.2 Å². The Balaban J connectivity index is 1.58. The van der Waals surface area contributed by atoms with E-state index in [1.165, 1.54) is 0 Å². The van der Waals surface area contributed by atoms with Crippen LogP contribution in [0.15, 0.2) is 18.2 Å². The molecule has 6 nitrogen and oxygen atoms in total. The highest BCUT2D eigenvalue weighted by molar-refractivity contribution is 5.98. The highest BCUT2D eigenvalue weighted by Gasteiger charge is 2.63. The van der Waals surface area contributed by atoms with Gasteiger partial charge < -0.3 is 19.5 Å². The molecule has 23 heavy (non-hydrogen) atoms. The van der Waals surface area contributed by atoms with Crippen LogP contribution in [-0.4, -0.2) is 32.2 Å². The number of carbonyl (C=O) groups excluding carboxylic acids is 2. The van der Waals surface area contributed by atoms with Crippen molar-refractivity contribution in [1.29, 1.82) is 0 Å². The quantitative estimate of drug-likeness (QED) is 0.858. The molecular formula is C17H19NO5. The summed E-state index contributed by atoms with van der Waals surface area (Å²) in [5.41, 5.74) is 0.558. The third kappa shape index (κ3) is 2.08. The van der Waals surface area contributed by atoms with Crippen LogP contribution >= 0.6 is 0 Å². The summed E-state index contributed by atoms with van der Waals surface area (Å²) in [7, 11) is 3.12. The van der Waals surface area contributed by atoms with Gasteiger partial charge in [-0.3, -0.25) is 9.59 Å². The largest absolute Gasteiger partial charge is 0.497 e. The van der Waals surface area contributed by atoms with Gasteiger partial charge in [-0.2, -0.15) is 0 Å². The SMILES string of the molecule is COc1ccc(OC)c(NC(=O)[C@H]2[C@H]3C[C@H]4[C@@H]2C(=O)O[C@H]4C3)c1. The van der Waals surface area contributed by atoms with Crippen LogP contribution in [0.3, 0.4) is 0 Å². The number of hydrogen-bond donors (Lipinski definition) is 1. The third-order valence-electron chi connectivity index (χ3n) is 5.45. The summed E-state index contributed by atoms with van der Waals surface area (Å²) in [6, 6.07) is 5.24. The number of methoxy groups -OCH3 is 2. The lowest BCUT2D eigenvalue weighted by molar-refractivity contribution is -0.145. The van der Waals surface area contributed by atoms with Gasteiger partial charge >= 0.3 is 5.97 Å². The van der Waals surface area contributed by atoms with Crippen LogP contribution in [-0.2, 0) is 14.3 Å². The molecule has 1 heterocycles. The zero-order valence-electron chi connectivity index (χ0n) is 13.1. The minimum absolute atomic E-state index is 0.0351. The molecule has 2 saturated carbocycles. The number of ether oxygens (including phenoxy) is 3. The predicted octanol–water partition coefficient (Wildman–Crippen LogP) is 1.84. The lowest BCUT2D eigenvalue weighted by Gasteiger charge is -2.24. The van der Waals surface area contributed by atoms with E-state index in [-0.39, 0.29) is 41.7 Å². The standard InChI is InChI=1S/C17H19NO5/c1-21-9-3-4-12(22-2)11(7-9)18-16(19)14-8-5-10-13(6-8)23-17(20)15(10)14/h3-4,7-8,10,13-15H,5-6H2,1-2H3,(H,18,19)/t8-,10+,13-,14-,15-/m0/s1. The lowest BCUT2D eigenvalue weighted by atomic mass is 9.79. The van der Waals surface area contributed by atoms with Gasteiger partial charge in [0.05, 0.1) is 31.7 Å². The number of hydrogen-bond acceptors (Lipinski definition) is 5. The van der Waals surface area contributed by atoms with Gasteiger partial charge in [-0.25, -0.2) is 0 Å². The van der Waals surface area contributed by atoms with Crippen molar-refractivity contribution in [2.75, 3.05) is 19.5 Å². The van der Waals surface area contributed by atoms with Crippen LogP contribution in [0.2, 0.25) is 0 Å². The first-order chi connectivity index (χ1) is 11.1. The van der Waals surface area contributed by atoms with E-state index in [9.17, 15) is 9.59 Å². The van der Waals surface area contributed by atoms with Crippen LogP contribution in [0.25, 0.3) is 0 Å². The first-order valence-corrected chi connectivity index (χ1v) is 7.85. The summed E-state index contributed by atoms with van der Waals surface area (Å²) in [6.07, 6.45) is 1.75. The number of fused-ring (bicyclic) bond motifs is 1. The monoisotopic (exact) mass is 317 g/mol. The first-order valence-electron chi connectivity index (χ1n) is 7.85. The van der Waals surface area contributed by atoms with Crippen molar-refractivity contribution in [2.24, 2.45) is 23.7 Å². The van der Waals surface area contributed by atoms with Crippen molar-refractivity contribution in [2.45, 2.75) is 18.9 Å². The molecule has 1 aliphatic heterocycles. The molecule has 6 heteroatoms. The smallest absolute Gasteiger partial charge is 0.310 e. The van der Waals surface area contributed by atoms with Crippen LogP contribution < -0.4 is 14.8 Å². The van der Waals surface area contributed by atoms with Gasteiger partial charge in [0.25, 0.3) is 0 Å². The normalized spacial score (nSPS) is 33.5. The summed E-state index contributed by atoms with van der Waals surface area (Å²) in [6.45, 7) is 0. The molecule has 2 aliphatic carbocycles. The maximum absolute atomic E-state index is 12.8. The van der Waals surface area contributed by atoms with Gasteiger partial charge in [0.15, 0.2) is 0 Å². The highest BCUT2D eigenvalue weighted by Crippen LogP contribution is 2.57. The molecule has 3 aliphatic rings. The van der Waals surface area contributed by atoms with E-state index in [0.29, 0.717) is 17.2 Å². The van der Waals surface area contributed by atoms with Crippen LogP contribution in [0.4, 0.5) is 5.69 Å². The Hall–Kier alpha value is -2.24. The summed E-state index contributed by atoms with van der Waals surface area (Å²) >= 11 is 0. The highest BCUT2D eigenvalue weighted by atomic mass is 16.6. The maximum atomic E-state index is 12.8. The van der Waals surface area contributed by atoms with Crippen LogP contribution in [0.1, 0.15) is 12.8 Å². The fraction of sp³-hybridized carbons (Fsp3) is 0.529. The average molecular weight is 317 g/mol. The summed E-state index contributed by atoms with van der Waals surface area (Å²) in [5.74, 6) is 0.721. The van der Waals surface area contributed by atoms with Gasteiger partial charge in [-0.1, -0.05) is 0 Å². The molecule has 0 unspecified atom stereocenters. The molecule has 0 radical (unpaired) electrons. The second kappa shape index (κ2) is 5.15. The van der Waals surface area contributed by atoms with Gasteiger partial charge in [0.2, 0.25) is 5.91 Å². The molecule has 1 N–H and O–H groups in total. The molecule has 1 aromatic carbocycles. The van der Waals surface area contributed by atoms with Gasteiger partial charge in [0, 0.05) is 12.0 Å². The van der Waals surface area contributed by atoms with E-state index in [1.807, 2.05) is 0 Å². The molecule has 0 aromatic heterocycles. The second-order valence-electron chi connectivity index (χ2n) is 6.48. The molecule has 4 rings (SSSR count). The molecule has 1 amide bonds. The number of benzene rings is 1. The Kier molecular flexibility index (Phi) is 3.21. The Morgan fingerprint density at radius 3 is 2.83 bits per heavy atom. The van der Waals surface area contributed by atoms with Crippen LogP contribution in [0.5, 0.6) is 11.5 Å². The zero-order valence-corrected chi connectivity index (χ0v) is 13.1. The Morgan fingerprint density at radius 2 is 2.09 bits per heavy atom. The Labute approximate surface area is 134 Å². The summed E-state index contributed by atoms with van der Waals surface area (Å²) < 4.78 is 15.9. The molecular weight excluding hydrogens is 298 g/mol. The van der Waals surface area contributed by atoms with Crippen molar-refractivity contribution in [1.82, 2.24) is 0 Å². The van der Waals surface area contributed by atoms with E-state index in [2.05, 4.69) is 5.32 Å². The second-order valence-corrected chi connectivity index (χ2v) is 6.48. The minimum Gasteiger partial charge on any atom is -0.497 e. The van der Waals surface area contributed by atoms with Crippen molar-refractivity contribution in [3.05, 3.63) is 18.2 Å². The molecule has 1 saturated heterocycles. The molecule has 0 spiro atoms. The number of esters is 1. The number of amides is 1. The number of nitrogens with one attached hydrogen (secondary N) is 1. The fourth-order valence-electron chi connectivity index (χ4n) is 4.49. The van der Waals surface area contributed by atoms with Crippen molar-refractivity contribution in [3.8, 4) is 11.5 Å². The van der Waals surface area contributed by atoms with Crippen molar-refractivity contribution < 1.29 is 23.8 Å². The summed E-state index contributed by atoms with van der Waals surface area (Å²) in [5, 5.41) is 2.91. The van der Waals surface area contributed by atoms with Crippen molar-refractivity contribution >= 4 is 17.6 Å². The Morgan fingerprint density at radius 1 is 1.26 bits per heavy atom. The predicted molar refractivity (Wildman–Crippen MR) is 81.2 cm³/mol. The van der Waals surface area contributed by atoms with E-state index >= 15 is 0 Å².